The predicted molar refractivity (Wildman–Crippen MR) is 98.1 cm³/mol. The van der Waals surface area contributed by atoms with E-state index in [0.717, 1.165) is 42.2 Å². The first-order valence-electron chi connectivity index (χ1n) is 8.49. The fourth-order valence-electron chi connectivity index (χ4n) is 2.75. The molecular formula is C20H19N5O. The molecule has 0 aliphatic rings. The summed E-state index contributed by atoms with van der Waals surface area (Å²) in [6.07, 6.45) is 6.02. The predicted octanol–water partition coefficient (Wildman–Crippen LogP) is 3.34. The highest BCUT2D eigenvalue weighted by Crippen LogP contribution is 2.20. The maximum Gasteiger partial charge on any atom is 0.168 e. The Morgan fingerprint density at radius 3 is 2.62 bits per heavy atom. The normalized spacial score (nSPS) is 10.9. The number of H-pyrrole nitrogens is 1. The summed E-state index contributed by atoms with van der Waals surface area (Å²) >= 11 is 0. The molecule has 4 rings (SSSR count). The van der Waals surface area contributed by atoms with Crippen molar-refractivity contribution >= 4 is 0 Å². The first-order valence-corrected chi connectivity index (χ1v) is 8.49. The molecular weight excluding hydrogens is 326 g/mol. The van der Waals surface area contributed by atoms with Gasteiger partial charge in [0.05, 0.1) is 5.69 Å². The van der Waals surface area contributed by atoms with Crippen molar-refractivity contribution in [2.45, 2.75) is 19.5 Å². The summed E-state index contributed by atoms with van der Waals surface area (Å²) in [5.74, 6) is 0.743. The molecule has 0 saturated carbocycles. The Balaban J connectivity index is 1.33. The number of nitrogens with zero attached hydrogens (tertiary/aromatic N) is 3. The summed E-state index contributed by atoms with van der Waals surface area (Å²) in [7, 11) is 0. The third-order valence-electron chi connectivity index (χ3n) is 4.12. The number of benzene rings is 1. The molecule has 2 N–H and O–H groups in total. The van der Waals surface area contributed by atoms with Crippen LogP contribution in [0.1, 0.15) is 22.5 Å². The molecule has 3 aromatic heterocycles. The van der Waals surface area contributed by atoms with Crippen LogP contribution in [-0.4, -0.2) is 20.3 Å². The van der Waals surface area contributed by atoms with Crippen LogP contribution in [0.4, 0.5) is 0 Å². The van der Waals surface area contributed by atoms with Crippen molar-refractivity contribution in [2.24, 2.45) is 0 Å². The van der Waals surface area contributed by atoms with Crippen LogP contribution < -0.4 is 5.32 Å². The third-order valence-corrected chi connectivity index (χ3v) is 4.12. The Labute approximate surface area is 151 Å². The highest BCUT2D eigenvalue weighted by Gasteiger charge is 2.07. The van der Waals surface area contributed by atoms with Crippen LogP contribution in [0, 0.1) is 0 Å². The topological polar surface area (TPSA) is 79.6 Å². The zero-order valence-corrected chi connectivity index (χ0v) is 14.2. The highest BCUT2D eigenvalue weighted by molar-refractivity contribution is 5.55. The van der Waals surface area contributed by atoms with Gasteiger partial charge in [-0.3, -0.25) is 10.1 Å². The summed E-state index contributed by atoms with van der Waals surface area (Å²) in [4.78, 5) is 4.11. The quantitative estimate of drug-likeness (QED) is 0.537. The average molecular weight is 345 g/mol. The van der Waals surface area contributed by atoms with Crippen molar-refractivity contribution < 1.29 is 4.52 Å². The van der Waals surface area contributed by atoms with Crippen molar-refractivity contribution in [1.29, 1.82) is 0 Å². The van der Waals surface area contributed by atoms with Gasteiger partial charge in [-0.1, -0.05) is 29.4 Å². The van der Waals surface area contributed by atoms with Gasteiger partial charge in [-0.15, -0.1) is 0 Å². The van der Waals surface area contributed by atoms with Crippen LogP contribution in [0.3, 0.4) is 0 Å². The molecule has 0 bridgehead atoms. The van der Waals surface area contributed by atoms with Gasteiger partial charge in [-0.25, -0.2) is 0 Å². The smallest absolute Gasteiger partial charge is 0.168 e. The molecule has 6 heteroatoms. The first-order chi connectivity index (χ1) is 12.9. The Hall–Kier alpha value is -3.25. The number of pyridine rings is 1. The van der Waals surface area contributed by atoms with E-state index >= 15 is 0 Å². The van der Waals surface area contributed by atoms with E-state index in [1.54, 1.807) is 18.6 Å². The van der Waals surface area contributed by atoms with Crippen molar-refractivity contribution in [3.8, 4) is 11.3 Å². The van der Waals surface area contributed by atoms with Gasteiger partial charge in [0.15, 0.2) is 5.76 Å². The zero-order chi connectivity index (χ0) is 17.6. The van der Waals surface area contributed by atoms with Crippen LogP contribution in [0.25, 0.3) is 11.3 Å². The Morgan fingerprint density at radius 2 is 1.85 bits per heavy atom. The molecule has 26 heavy (non-hydrogen) atoms. The van der Waals surface area contributed by atoms with E-state index in [1.165, 1.54) is 11.1 Å². The van der Waals surface area contributed by atoms with Crippen molar-refractivity contribution in [2.75, 3.05) is 0 Å². The second kappa shape index (κ2) is 7.76. The molecule has 0 spiro atoms. The summed E-state index contributed by atoms with van der Waals surface area (Å²) in [5, 5.41) is 14.4. The fraction of sp³-hybridized carbons (Fsp3) is 0.150. The highest BCUT2D eigenvalue weighted by atomic mass is 16.5. The SMILES string of the molecule is c1cncc(-c2cc(Cc3ccc(CNCc4ccn[nH]4)cc3)no2)c1. The van der Waals surface area contributed by atoms with Gasteiger partial charge in [0.1, 0.15) is 0 Å². The molecule has 0 radical (unpaired) electrons. The maximum atomic E-state index is 5.43. The van der Waals surface area contributed by atoms with E-state index in [2.05, 4.69) is 49.9 Å². The average Bonchev–Trinajstić information content (AvgIpc) is 3.36. The van der Waals surface area contributed by atoms with Crippen molar-refractivity contribution in [1.82, 2.24) is 25.7 Å². The molecule has 0 fully saturated rings. The molecule has 0 saturated heterocycles. The van der Waals surface area contributed by atoms with Gasteiger partial charge < -0.3 is 9.84 Å². The van der Waals surface area contributed by atoms with Gasteiger partial charge >= 0.3 is 0 Å². The number of rotatable bonds is 7. The van der Waals surface area contributed by atoms with E-state index in [0.29, 0.717) is 0 Å². The third kappa shape index (κ3) is 4.04. The van der Waals surface area contributed by atoms with Crippen LogP contribution in [0.15, 0.2) is 71.6 Å². The fourth-order valence-corrected chi connectivity index (χ4v) is 2.75. The lowest BCUT2D eigenvalue weighted by atomic mass is 10.1. The van der Waals surface area contributed by atoms with E-state index in [4.69, 9.17) is 4.52 Å². The van der Waals surface area contributed by atoms with Crippen molar-refractivity contribution in [3.05, 3.63) is 89.6 Å². The van der Waals surface area contributed by atoms with Crippen LogP contribution in [0.5, 0.6) is 0 Å². The molecule has 0 atom stereocenters. The van der Waals surface area contributed by atoms with Crippen molar-refractivity contribution in [3.63, 3.8) is 0 Å². The molecule has 0 amide bonds. The molecule has 4 aromatic rings. The first kappa shape index (κ1) is 16.2. The largest absolute Gasteiger partial charge is 0.356 e. The zero-order valence-electron chi connectivity index (χ0n) is 14.2. The Bertz CT molecular complexity index is 930. The molecule has 1 aromatic carbocycles. The number of aromatic amines is 1. The monoisotopic (exact) mass is 345 g/mol. The summed E-state index contributed by atoms with van der Waals surface area (Å²) < 4.78 is 5.43. The summed E-state index contributed by atoms with van der Waals surface area (Å²) in [5.41, 5.74) is 5.37. The summed E-state index contributed by atoms with van der Waals surface area (Å²) in [6, 6.07) is 16.3. The van der Waals surface area contributed by atoms with Crippen LogP contribution in [-0.2, 0) is 19.5 Å². The molecule has 0 aliphatic heterocycles. The van der Waals surface area contributed by atoms with Gasteiger partial charge in [0.2, 0.25) is 0 Å². The van der Waals surface area contributed by atoms with Crippen LogP contribution in [0.2, 0.25) is 0 Å². The van der Waals surface area contributed by atoms with Gasteiger partial charge in [-0.05, 0) is 29.3 Å². The Kier molecular flexibility index (Phi) is 4.84. The minimum absolute atomic E-state index is 0.742. The van der Waals surface area contributed by atoms with E-state index in [-0.39, 0.29) is 0 Å². The van der Waals surface area contributed by atoms with Gasteiger partial charge in [-0.2, -0.15) is 5.10 Å². The van der Waals surface area contributed by atoms with Crippen LogP contribution >= 0.6 is 0 Å². The molecule has 3 heterocycles. The second-order valence-corrected chi connectivity index (χ2v) is 6.10. The standard InChI is InChI=1S/C20H19N5O/c1-2-17(13-21-8-1)20-11-19(25-26-20)10-15-3-5-16(6-4-15)12-22-14-18-7-9-23-24-18/h1-9,11,13,22H,10,12,14H2,(H,23,24). The molecule has 0 unspecified atom stereocenters. The number of aromatic nitrogens is 4. The minimum Gasteiger partial charge on any atom is -0.356 e. The van der Waals surface area contributed by atoms with Gasteiger partial charge in [0, 0.05) is 55.4 Å². The lowest BCUT2D eigenvalue weighted by Crippen LogP contribution is -2.12. The molecule has 130 valence electrons. The van der Waals surface area contributed by atoms with E-state index < -0.39 is 0 Å². The number of hydrogen-bond donors (Lipinski definition) is 2. The maximum absolute atomic E-state index is 5.43. The lowest BCUT2D eigenvalue weighted by Gasteiger charge is -2.05. The number of hydrogen-bond acceptors (Lipinski definition) is 5. The van der Waals surface area contributed by atoms with Gasteiger partial charge in [0.25, 0.3) is 0 Å². The second-order valence-electron chi connectivity index (χ2n) is 6.10. The summed E-state index contributed by atoms with van der Waals surface area (Å²) in [6.45, 7) is 1.59. The molecule has 0 aliphatic carbocycles. The minimum atomic E-state index is 0.742. The molecule has 6 nitrogen and oxygen atoms in total. The Morgan fingerprint density at radius 1 is 0.962 bits per heavy atom. The van der Waals surface area contributed by atoms with E-state index in [1.807, 2.05) is 24.3 Å². The number of nitrogens with one attached hydrogen (secondary N) is 2. The van der Waals surface area contributed by atoms with E-state index in [9.17, 15) is 0 Å². The lowest BCUT2D eigenvalue weighted by molar-refractivity contribution is 0.425.